The van der Waals surface area contributed by atoms with Crippen LogP contribution in [-0.2, 0) is 9.47 Å². The Morgan fingerprint density at radius 1 is 1.20 bits per heavy atom. The van der Waals surface area contributed by atoms with Gasteiger partial charge in [0.25, 0.3) is 0 Å². The van der Waals surface area contributed by atoms with Crippen LogP contribution in [0.2, 0.25) is 0 Å². The molecule has 1 unspecified atom stereocenters. The Morgan fingerprint density at radius 3 is 2.90 bits per heavy atom. The van der Waals surface area contributed by atoms with Gasteiger partial charge in [0, 0.05) is 38.8 Å². The van der Waals surface area contributed by atoms with Crippen molar-refractivity contribution in [2.45, 2.75) is 37.3 Å². The number of rotatable bonds is 2. The van der Waals surface area contributed by atoms with Crippen molar-refractivity contribution in [1.29, 1.82) is 0 Å². The average Bonchev–Trinajstić information content (AvgIpc) is 2.67. The summed E-state index contributed by atoms with van der Waals surface area (Å²) < 4.78 is 11.8. The van der Waals surface area contributed by atoms with Gasteiger partial charge in [0.05, 0.1) is 19.8 Å². The Balaban J connectivity index is 1.52. The van der Waals surface area contributed by atoms with E-state index >= 15 is 0 Å². The van der Waals surface area contributed by atoms with Crippen molar-refractivity contribution in [3.63, 3.8) is 0 Å². The van der Waals surface area contributed by atoms with E-state index in [-0.39, 0.29) is 5.60 Å². The van der Waals surface area contributed by atoms with Crippen LogP contribution in [-0.4, -0.2) is 69.1 Å². The summed E-state index contributed by atoms with van der Waals surface area (Å²) in [6.45, 7) is 7.48. The molecule has 3 fully saturated rings. The second kappa shape index (κ2) is 6.71. The first-order chi connectivity index (χ1) is 9.76. The second-order valence-corrected chi connectivity index (χ2v) is 6.78. The highest BCUT2D eigenvalue weighted by Gasteiger charge is 2.38. The number of nitrogens with two attached hydrogens (primary N) is 1. The van der Waals surface area contributed by atoms with Crippen molar-refractivity contribution in [3.05, 3.63) is 0 Å². The normalized spacial score (nSPS) is 40.6. The van der Waals surface area contributed by atoms with Crippen molar-refractivity contribution in [2.24, 2.45) is 11.7 Å². The van der Waals surface area contributed by atoms with Crippen LogP contribution in [0.1, 0.15) is 25.7 Å². The molecule has 0 aromatic rings. The van der Waals surface area contributed by atoms with E-state index in [0.717, 1.165) is 51.9 Å². The Bertz CT molecular complexity index is 297. The minimum Gasteiger partial charge on any atom is -0.377 e. The number of hydrogen-bond donors (Lipinski definition) is 2. The Kier molecular flexibility index (Phi) is 4.94. The van der Waals surface area contributed by atoms with Gasteiger partial charge in [-0.3, -0.25) is 4.90 Å². The van der Waals surface area contributed by atoms with Crippen molar-refractivity contribution in [1.82, 2.24) is 10.2 Å². The molecule has 116 valence electrons. The number of hydrogen-bond acceptors (Lipinski definition) is 5. The molecule has 0 aromatic carbocycles. The van der Waals surface area contributed by atoms with Gasteiger partial charge in [-0.05, 0) is 31.6 Å². The predicted octanol–water partition coefficient (Wildman–Crippen LogP) is 0.195. The van der Waals surface area contributed by atoms with E-state index in [9.17, 15) is 0 Å². The highest BCUT2D eigenvalue weighted by molar-refractivity contribution is 4.92. The number of nitrogens with one attached hydrogen (secondary N) is 1. The van der Waals surface area contributed by atoms with Crippen LogP contribution in [0.5, 0.6) is 0 Å². The third kappa shape index (κ3) is 3.71. The molecule has 1 atom stereocenters. The maximum absolute atomic E-state index is 6.07. The molecule has 1 spiro atoms. The molecule has 2 saturated heterocycles. The number of ether oxygens (including phenoxy) is 2. The third-order valence-corrected chi connectivity index (χ3v) is 4.97. The standard InChI is InChI=1S/C15H29N3O2/c16-14-3-1-13(2-4-14)9-18-6-8-20-15(11-18)10-17-5-7-19-12-15/h13-14,17H,1-12,16H2. The van der Waals surface area contributed by atoms with E-state index in [1.807, 2.05) is 0 Å². The Morgan fingerprint density at radius 2 is 2.05 bits per heavy atom. The van der Waals surface area contributed by atoms with E-state index in [1.165, 1.54) is 32.2 Å². The Hall–Kier alpha value is -0.200. The monoisotopic (exact) mass is 283 g/mol. The molecule has 3 N–H and O–H groups in total. The maximum atomic E-state index is 6.07. The molecule has 3 rings (SSSR count). The lowest BCUT2D eigenvalue weighted by molar-refractivity contribution is -0.136. The highest BCUT2D eigenvalue weighted by atomic mass is 16.5. The van der Waals surface area contributed by atoms with Crippen LogP contribution in [0.4, 0.5) is 0 Å². The summed E-state index contributed by atoms with van der Waals surface area (Å²) in [5.74, 6) is 0.824. The minimum absolute atomic E-state index is 0.125. The lowest BCUT2D eigenvalue weighted by Gasteiger charge is -2.43. The van der Waals surface area contributed by atoms with Gasteiger partial charge >= 0.3 is 0 Å². The van der Waals surface area contributed by atoms with Gasteiger partial charge < -0.3 is 20.5 Å². The summed E-state index contributed by atoms with van der Waals surface area (Å²) in [5, 5.41) is 3.44. The molecule has 3 aliphatic rings. The summed E-state index contributed by atoms with van der Waals surface area (Å²) in [7, 11) is 0. The molecule has 1 saturated carbocycles. The number of nitrogens with zero attached hydrogens (tertiary/aromatic N) is 1. The fraction of sp³-hybridized carbons (Fsp3) is 1.00. The van der Waals surface area contributed by atoms with E-state index < -0.39 is 0 Å². The lowest BCUT2D eigenvalue weighted by atomic mass is 9.86. The van der Waals surface area contributed by atoms with E-state index in [0.29, 0.717) is 6.04 Å². The second-order valence-electron chi connectivity index (χ2n) is 6.78. The Labute approximate surface area is 122 Å². The van der Waals surface area contributed by atoms with Crippen molar-refractivity contribution < 1.29 is 9.47 Å². The van der Waals surface area contributed by atoms with Crippen molar-refractivity contribution >= 4 is 0 Å². The fourth-order valence-corrected chi connectivity index (χ4v) is 3.78. The molecule has 2 aliphatic heterocycles. The average molecular weight is 283 g/mol. The largest absolute Gasteiger partial charge is 0.377 e. The molecule has 1 aliphatic carbocycles. The summed E-state index contributed by atoms with van der Waals surface area (Å²) >= 11 is 0. The molecular weight excluding hydrogens is 254 g/mol. The van der Waals surface area contributed by atoms with Gasteiger partial charge in [0.1, 0.15) is 5.60 Å². The summed E-state index contributed by atoms with van der Waals surface area (Å²) in [5.41, 5.74) is 5.88. The smallest absolute Gasteiger partial charge is 0.116 e. The lowest BCUT2D eigenvalue weighted by Crippen LogP contribution is -2.58. The molecule has 2 heterocycles. The molecule has 5 heteroatoms. The molecule has 0 radical (unpaired) electrons. The first-order valence-electron chi connectivity index (χ1n) is 8.16. The number of morpholine rings is 1. The molecule has 20 heavy (non-hydrogen) atoms. The predicted molar refractivity (Wildman–Crippen MR) is 78.7 cm³/mol. The molecule has 5 nitrogen and oxygen atoms in total. The van der Waals surface area contributed by atoms with Gasteiger partial charge in [-0.2, -0.15) is 0 Å². The first-order valence-corrected chi connectivity index (χ1v) is 8.16. The van der Waals surface area contributed by atoms with Gasteiger partial charge in [-0.1, -0.05) is 0 Å². The van der Waals surface area contributed by atoms with Crippen LogP contribution in [0.15, 0.2) is 0 Å². The van der Waals surface area contributed by atoms with Crippen LogP contribution in [0.25, 0.3) is 0 Å². The molecular formula is C15H29N3O2. The van der Waals surface area contributed by atoms with Crippen molar-refractivity contribution in [3.8, 4) is 0 Å². The van der Waals surface area contributed by atoms with Crippen LogP contribution in [0, 0.1) is 5.92 Å². The van der Waals surface area contributed by atoms with Gasteiger partial charge in [0.15, 0.2) is 0 Å². The van der Waals surface area contributed by atoms with Crippen LogP contribution in [0.3, 0.4) is 0 Å². The minimum atomic E-state index is -0.125. The van der Waals surface area contributed by atoms with Gasteiger partial charge in [-0.15, -0.1) is 0 Å². The summed E-state index contributed by atoms with van der Waals surface area (Å²) in [6.07, 6.45) is 4.98. The first kappa shape index (κ1) is 14.7. The van der Waals surface area contributed by atoms with Gasteiger partial charge in [-0.25, -0.2) is 0 Å². The molecule has 0 bridgehead atoms. The molecule has 0 aromatic heterocycles. The SMILES string of the molecule is NC1CCC(CN2CCOC3(CNCCOC3)C2)CC1. The van der Waals surface area contributed by atoms with Crippen molar-refractivity contribution in [2.75, 3.05) is 52.5 Å². The zero-order valence-corrected chi connectivity index (χ0v) is 12.5. The van der Waals surface area contributed by atoms with Crippen LogP contribution >= 0.6 is 0 Å². The summed E-state index contributed by atoms with van der Waals surface area (Å²) in [4.78, 5) is 2.58. The molecule has 0 amide bonds. The fourth-order valence-electron chi connectivity index (χ4n) is 3.78. The summed E-state index contributed by atoms with van der Waals surface area (Å²) in [6, 6.07) is 0.446. The maximum Gasteiger partial charge on any atom is 0.116 e. The third-order valence-electron chi connectivity index (χ3n) is 4.97. The van der Waals surface area contributed by atoms with E-state index in [2.05, 4.69) is 10.2 Å². The zero-order valence-electron chi connectivity index (χ0n) is 12.5. The quantitative estimate of drug-likeness (QED) is 0.758. The van der Waals surface area contributed by atoms with E-state index in [1.54, 1.807) is 0 Å². The highest BCUT2D eigenvalue weighted by Crippen LogP contribution is 2.26. The van der Waals surface area contributed by atoms with E-state index in [4.69, 9.17) is 15.2 Å². The zero-order chi connectivity index (χ0) is 13.8. The van der Waals surface area contributed by atoms with Gasteiger partial charge in [0.2, 0.25) is 0 Å². The topological polar surface area (TPSA) is 59.8 Å². The van der Waals surface area contributed by atoms with Crippen LogP contribution < -0.4 is 11.1 Å².